The highest BCUT2D eigenvalue weighted by molar-refractivity contribution is 14.0. The zero-order valence-corrected chi connectivity index (χ0v) is 16.7. The lowest BCUT2D eigenvalue weighted by molar-refractivity contribution is 0.277. The number of nitrogens with zero attached hydrogens (tertiary/aromatic N) is 3. The number of halogens is 2. The van der Waals surface area contributed by atoms with E-state index in [9.17, 15) is 4.39 Å². The molecule has 7 heteroatoms. The highest BCUT2D eigenvalue weighted by atomic mass is 127. The van der Waals surface area contributed by atoms with Crippen LogP contribution in [0.3, 0.4) is 0 Å². The van der Waals surface area contributed by atoms with Gasteiger partial charge in [0.15, 0.2) is 5.96 Å². The molecule has 1 aromatic carbocycles. The lowest BCUT2D eigenvalue weighted by atomic mass is 10.00. The van der Waals surface area contributed by atoms with E-state index in [4.69, 9.17) is 10.2 Å². The number of hydrogen-bond donors (Lipinski definition) is 1. The monoisotopic (exact) mass is 458 g/mol. The lowest BCUT2D eigenvalue weighted by Crippen LogP contribution is -2.42. The summed E-state index contributed by atoms with van der Waals surface area (Å²) in [6.07, 6.45) is 4.61. The second kappa shape index (κ2) is 9.17. The number of aliphatic imine (C=N–C) groups is 1. The van der Waals surface area contributed by atoms with Gasteiger partial charge in [0.2, 0.25) is 5.89 Å². The number of rotatable bonds is 4. The number of benzene rings is 1. The summed E-state index contributed by atoms with van der Waals surface area (Å²) in [5, 5.41) is 0. The molecule has 0 radical (unpaired) electrons. The minimum absolute atomic E-state index is 0. The number of piperidine rings is 1. The van der Waals surface area contributed by atoms with Gasteiger partial charge in [-0.1, -0.05) is 6.92 Å². The van der Waals surface area contributed by atoms with Gasteiger partial charge in [-0.2, -0.15) is 0 Å². The molecule has 1 aliphatic rings. The molecule has 2 aromatic rings. The molecule has 1 aliphatic heterocycles. The first-order valence-electron chi connectivity index (χ1n) is 8.37. The molecule has 1 saturated heterocycles. The van der Waals surface area contributed by atoms with Gasteiger partial charge in [0.05, 0.1) is 5.69 Å². The fraction of sp³-hybridized carbons (Fsp3) is 0.444. The minimum atomic E-state index is -0.276. The van der Waals surface area contributed by atoms with Crippen LogP contribution in [-0.4, -0.2) is 35.5 Å². The predicted octanol–water partition coefficient (Wildman–Crippen LogP) is 3.69. The summed E-state index contributed by atoms with van der Waals surface area (Å²) in [5.41, 5.74) is 7.64. The van der Waals surface area contributed by atoms with E-state index in [-0.39, 0.29) is 29.8 Å². The zero-order chi connectivity index (χ0) is 16.9. The lowest BCUT2D eigenvalue weighted by Gasteiger charge is -2.31. The minimum Gasteiger partial charge on any atom is -0.444 e. The fourth-order valence-corrected chi connectivity index (χ4v) is 2.77. The molecule has 2 N–H and O–H groups in total. The molecule has 0 saturated carbocycles. The summed E-state index contributed by atoms with van der Waals surface area (Å²) in [5.74, 6) is 1.60. The van der Waals surface area contributed by atoms with Crippen molar-refractivity contribution < 1.29 is 8.81 Å². The summed E-state index contributed by atoms with van der Waals surface area (Å²) in [4.78, 5) is 11.0. The first kappa shape index (κ1) is 19.7. The van der Waals surface area contributed by atoms with Crippen molar-refractivity contribution in [3.05, 3.63) is 42.0 Å². The van der Waals surface area contributed by atoms with Crippen LogP contribution in [0, 0.1) is 11.7 Å². The topological polar surface area (TPSA) is 67.7 Å². The van der Waals surface area contributed by atoms with Gasteiger partial charge in [-0.25, -0.2) is 9.37 Å². The van der Waals surface area contributed by atoms with Crippen LogP contribution >= 0.6 is 24.0 Å². The predicted molar refractivity (Wildman–Crippen MR) is 107 cm³/mol. The van der Waals surface area contributed by atoms with Crippen molar-refractivity contribution in [3.63, 3.8) is 0 Å². The Balaban J connectivity index is 0.00000225. The first-order chi connectivity index (χ1) is 11.6. The summed E-state index contributed by atoms with van der Waals surface area (Å²) in [6.45, 7) is 4.81. The normalized spacial score (nSPS) is 15.9. The van der Waals surface area contributed by atoms with E-state index < -0.39 is 0 Å². The molecule has 5 nitrogen and oxygen atoms in total. The molecule has 25 heavy (non-hydrogen) atoms. The van der Waals surface area contributed by atoms with Gasteiger partial charge in [-0.05, 0) is 43.0 Å². The number of nitrogens with two attached hydrogens (primary N) is 1. The molecule has 1 aromatic heterocycles. The summed E-state index contributed by atoms with van der Waals surface area (Å²) < 4.78 is 18.4. The van der Waals surface area contributed by atoms with Crippen LogP contribution in [0.15, 0.2) is 39.9 Å². The first-order valence-corrected chi connectivity index (χ1v) is 8.37. The van der Waals surface area contributed by atoms with Crippen molar-refractivity contribution in [3.8, 4) is 11.5 Å². The third-order valence-electron chi connectivity index (χ3n) is 4.39. The molecule has 2 heterocycles. The molecule has 1 fully saturated rings. The second-order valence-corrected chi connectivity index (χ2v) is 6.31. The van der Waals surface area contributed by atoms with Gasteiger partial charge in [0, 0.05) is 31.6 Å². The van der Waals surface area contributed by atoms with E-state index >= 15 is 0 Å². The Morgan fingerprint density at radius 3 is 2.68 bits per heavy atom. The Hall–Kier alpha value is -1.64. The van der Waals surface area contributed by atoms with Gasteiger partial charge in [0.25, 0.3) is 0 Å². The van der Waals surface area contributed by atoms with Crippen LogP contribution in [-0.2, 0) is 6.42 Å². The fourth-order valence-electron chi connectivity index (χ4n) is 2.77. The van der Waals surface area contributed by atoms with Gasteiger partial charge in [0.1, 0.15) is 12.1 Å². The number of likely N-dealkylation sites (tertiary alicyclic amines) is 1. The Morgan fingerprint density at radius 2 is 2.00 bits per heavy atom. The highest BCUT2D eigenvalue weighted by Crippen LogP contribution is 2.19. The third kappa shape index (κ3) is 5.42. The van der Waals surface area contributed by atoms with Crippen LogP contribution in [0.5, 0.6) is 0 Å². The Kier molecular flexibility index (Phi) is 7.22. The number of oxazole rings is 1. The largest absolute Gasteiger partial charge is 0.444 e. The van der Waals surface area contributed by atoms with Crippen molar-refractivity contribution in [2.24, 2.45) is 16.6 Å². The molecule has 0 spiro atoms. The smallest absolute Gasteiger partial charge is 0.226 e. The quantitative estimate of drug-likeness (QED) is 0.431. The van der Waals surface area contributed by atoms with Crippen molar-refractivity contribution in [1.82, 2.24) is 9.88 Å². The summed E-state index contributed by atoms with van der Waals surface area (Å²) in [7, 11) is 0. The molecular weight excluding hydrogens is 434 g/mol. The number of guanidine groups is 1. The summed E-state index contributed by atoms with van der Waals surface area (Å²) >= 11 is 0. The standard InChI is InChI=1S/C18H23FN4O.HI/c1-13-7-10-23(11-8-13)18(20)21-9-6-16-12-24-17(22-16)14-2-4-15(19)5-3-14;/h2-5,12-13H,6-11H2,1H3,(H2,20,21);1H. The highest BCUT2D eigenvalue weighted by Gasteiger charge is 2.16. The van der Waals surface area contributed by atoms with Crippen LogP contribution in [0.25, 0.3) is 11.5 Å². The van der Waals surface area contributed by atoms with Crippen LogP contribution in [0.1, 0.15) is 25.5 Å². The van der Waals surface area contributed by atoms with Crippen molar-refractivity contribution in [2.45, 2.75) is 26.2 Å². The van der Waals surface area contributed by atoms with Gasteiger partial charge in [-0.15, -0.1) is 24.0 Å². The molecule has 0 aliphatic carbocycles. The molecule has 0 amide bonds. The van der Waals surface area contributed by atoms with E-state index in [0.717, 1.165) is 30.3 Å². The average Bonchev–Trinajstić information content (AvgIpc) is 3.05. The van der Waals surface area contributed by atoms with Gasteiger partial charge >= 0.3 is 0 Å². The van der Waals surface area contributed by atoms with E-state index in [2.05, 4.69) is 21.8 Å². The van der Waals surface area contributed by atoms with Gasteiger partial charge < -0.3 is 15.1 Å². The van der Waals surface area contributed by atoms with Crippen molar-refractivity contribution in [1.29, 1.82) is 0 Å². The second-order valence-electron chi connectivity index (χ2n) is 6.31. The summed E-state index contributed by atoms with van der Waals surface area (Å²) in [6, 6.07) is 6.09. The van der Waals surface area contributed by atoms with Crippen molar-refractivity contribution >= 4 is 29.9 Å². The third-order valence-corrected chi connectivity index (χ3v) is 4.39. The van der Waals surface area contributed by atoms with E-state index in [1.165, 1.54) is 25.0 Å². The number of hydrogen-bond acceptors (Lipinski definition) is 3. The van der Waals surface area contributed by atoms with Gasteiger partial charge in [-0.3, -0.25) is 4.99 Å². The van der Waals surface area contributed by atoms with Crippen LogP contribution in [0.4, 0.5) is 4.39 Å². The molecule has 136 valence electrons. The van der Waals surface area contributed by atoms with E-state index in [0.29, 0.717) is 24.8 Å². The Bertz CT molecular complexity index is 693. The Morgan fingerprint density at radius 1 is 1.32 bits per heavy atom. The van der Waals surface area contributed by atoms with Crippen LogP contribution < -0.4 is 5.73 Å². The SMILES string of the molecule is CC1CCN(C(N)=NCCc2coc(-c3ccc(F)cc3)n2)CC1.I. The molecule has 0 unspecified atom stereocenters. The van der Waals surface area contributed by atoms with Crippen LogP contribution in [0.2, 0.25) is 0 Å². The number of aromatic nitrogens is 1. The van der Waals surface area contributed by atoms with E-state index in [1.807, 2.05) is 0 Å². The molecule has 0 bridgehead atoms. The maximum Gasteiger partial charge on any atom is 0.226 e. The zero-order valence-electron chi connectivity index (χ0n) is 14.3. The average molecular weight is 458 g/mol. The van der Waals surface area contributed by atoms with Crippen molar-refractivity contribution in [2.75, 3.05) is 19.6 Å². The van der Waals surface area contributed by atoms with E-state index in [1.54, 1.807) is 18.4 Å². The molecule has 3 rings (SSSR count). The maximum absolute atomic E-state index is 12.9. The molecule has 0 atom stereocenters. The molecular formula is C18H24FIN4O. The maximum atomic E-state index is 12.9. The Labute approximate surface area is 164 Å².